The summed E-state index contributed by atoms with van der Waals surface area (Å²) in [4.78, 5) is 16.2. The molecule has 0 saturated heterocycles. The van der Waals surface area contributed by atoms with Crippen molar-refractivity contribution in [3.63, 3.8) is 0 Å². The van der Waals surface area contributed by atoms with Gasteiger partial charge in [0.05, 0.1) is 0 Å². The largest absolute Gasteiger partial charge is 0.481 e. The van der Waals surface area contributed by atoms with Crippen LogP contribution in [0.25, 0.3) is 0 Å². The Labute approximate surface area is 74.6 Å². The van der Waals surface area contributed by atoms with E-state index in [1.807, 2.05) is 0 Å². The maximum absolute atomic E-state index is 9.00. The third kappa shape index (κ3) is 4.40. The highest BCUT2D eigenvalue weighted by Crippen LogP contribution is 2.14. The van der Waals surface area contributed by atoms with Crippen LogP contribution in [0.2, 0.25) is 0 Å². The number of anilines is 3. The molecule has 0 unspecified atom stereocenters. The highest BCUT2D eigenvalue weighted by Gasteiger charge is 1.97. The van der Waals surface area contributed by atoms with Crippen LogP contribution < -0.4 is 17.2 Å². The van der Waals surface area contributed by atoms with Gasteiger partial charge in [0.2, 0.25) is 0 Å². The molecule has 0 atom stereocenters. The summed E-state index contributed by atoms with van der Waals surface area (Å²) in [5, 5.41) is 7.42. The zero-order valence-electron chi connectivity index (χ0n) is 7.06. The number of nitrogen functional groups attached to an aromatic ring is 3. The van der Waals surface area contributed by atoms with E-state index in [1.54, 1.807) is 0 Å². The Morgan fingerprint density at radius 3 is 1.85 bits per heavy atom. The van der Waals surface area contributed by atoms with Crippen molar-refractivity contribution in [2.75, 3.05) is 17.2 Å². The lowest BCUT2D eigenvalue weighted by atomic mass is 10.4. The third-order valence-electron chi connectivity index (χ3n) is 0.946. The average molecular weight is 185 g/mol. The number of nitrogens with zero attached hydrogens (tertiary/aromatic N) is 2. The van der Waals surface area contributed by atoms with Crippen LogP contribution in [0.15, 0.2) is 6.33 Å². The van der Waals surface area contributed by atoms with E-state index in [4.69, 9.17) is 27.1 Å². The summed E-state index contributed by atoms with van der Waals surface area (Å²) in [6.07, 6.45) is 1.26. The molecular formula is C6H11N5O2. The van der Waals surface area contributed by atoms with Crippen molar-refractivity contribution in [2.24, 2.45) is 0 Å². The molecule has 0 aromatic carbocycles. The molecule has 7 heteroatoms. The normalized spacial score (nSPS) is 8.38. The molecule has 1 rings (SSSR count). The van der Waals surface area contributed by atoms with E-state index in [9.17, 15) is 0 Å². The maximum Gasteiger partial charge on any atom is 0.300 e. The van der Waals surface area contributed by atoms with Crippen molar-refractivity contribution in [1.29, 1.82) is 0 Å². The third-order valence-corrected chi connectivity index (χ3v) is 0.946. The minimum Gasteiger partial charge on any atom is -0.481 e. The van der Waals surface area contributed by atoms with E-state index in [1.165, 1.54) is 6.33 Å². The Morgan fingerprint density at radius 1 is 1.31 bits per heavy atom. The van der Waals surface area contributed by atoms with Crippen molar-refractivity contribution in [3.8, 4) is 0 Å². The van der Waals surface area contributed by atoms with Gasteiger partial charge in [0.15, 0.2) is 11.6 Å². The second-order valence-electron chi connectivity index (χ2n) is 2.08. The van der Waals surface area contributed by atoms with E-state index in [0.29, 0.717) is 0 Å². The van der Waals surface area contributed by atoms with Gasteiger partial charge in [-0.25, -0.2) is 9.97 Å². The zero-order valence-corrected chi connectivity index (χ0v) is 7.06. The fourth-order valence-corrected chi connectivity index (χ4v) is 0.424. The first-order chi connectivity index (χ1) is 5.95. The number of carboxylic acid groups (broad SMARTS) is 1. The summed E-state index contributed by atoms with van der Waals surface area (Å²) in [5.41, 5.74) is 16.1. The number of nitrogens with two attached hydrogens (primary N) is 3. The predicted molar refractivity (Wildman–Crippen MR) is 48.6 cm³/mol. The first-order valence-corrected chi connectivity index (χ1v) is 3.26. The minimum atomic E-state index is -0.833. The molecule has 0 aliphatic carbocycles. The Morgan fingerprint density at radius 2 is 1.62 bits per heavy atom. The first kappa shape index (κ1) is 11.0. The highest BCUT2D eigenvalue weighted by molar-refractivity contribution is 5.69. The molecule has 7 N–H and O–H groups in total. The molecule has 7 nitrogen and oxygen atoms in total. The summed E-state index contributed by atoms with van der Waals surface area (Å²) in [6.45, 7) is 1.08. The number of aliphatic carboxylic acids is 1. The smallest absolute Gasteiger partial charge is 0.300 e. The van der Waals surface area contributed by atoms with Gasteiger partial charge in [-0.2, -0.15) is 0 Å². The molecule has 0 spiro atoms. The topological polar surface area (TPSA) is 141 Å². The van der Waals surface area contributed by atoms with Crippen LogP contribution in [0.1, 0.15) is 6.92 Å². The van der Waals surface area contributed by atoms with Gasteiger partial charge in [-0.1, -0.05) is 0 Å². The van der Waals surface area contributed by atoms with Gasteiger partial charge in [-0.15, -0.1) is 0 Å². The molecule has 0 aliphatic heterocycles. The van der Waals surface area contributed by atoms with E-state index in [2.05, 4.69) is 9.97 Å². The maximum atomic E-state index is 9.00. The monoisotopic (exact) mass is 185 g/mol. The van der Waals surface area contributed by atoms with Gasteiger partial charge in [0.1, 0.15) is 12.0 Å². The molecule has 1 aromatic heterocycles. The number of rotatable bonds is 0. The summed E-state index contributed by atoms with van der Waals surface area (Å²) in [6, 6.07) is 0. The summed E-state index contributed by atoms with van der Waals surface area (Å²) in [5.74, 6) is -0.384. The van der Waals surface area contributed by atoms with Gasteiger partial charge in [-0.05, 0) is 0 Å². The van der Waals surface area contributed by atoms with Crippen LogP contribution in [0.3, 0.4) is 0 Å². The van der Waals surface area contributed by atoms with Gasteiger partial charge in [0, 0.05) is 6.92 Å². The molecule has 0 aliphatic rings. The Bertz CT molecular complexity index is 277. The molecule has 13 heavy (non-hydrogen) atoms. The quantitative estimate of drug-likeness (QED) is 0.419. The lowest BCUT2D eigenvalue weighted by Gasteiger charge is -1.98. The van der Waals surface area contributed by atoms with E-state index >= 15 is 0 Å². The van der Waals surface area contributed by atoms with Crippen LogP contribution in [-0.2, 0) is 4.79 Å². The van der Waals surface area contributed by atoms with Crippen molar-refractivity contribution in [1.82, 2.24) is 9.97 Å². The number of aromatic nitrogens is 2. The Kier molecular flexibility index (Phi) is 4.00. The van der Waals surface area contributed by atoms with Crippen molar-refractivity contribution < 1.29 is 9.90 Å². The molecular weight excluding hydrogens is 174 g/mol. The molecule has 0 amide bonds. The number of hydrogen-bond donors (Lipinski definition) is 4. The fraction of sp³-hybridized carbons (Fsp3) is 0.167. The summed E-state index contributed by atoms with van der Waals surface area (Å²) >= 11 is 0. The van der Waals surface area contributed by atoms with Gasteiger partial charge < -0.3 is 22.3 Å². The van der Waals surface area contributed by atoms with Crippen LogP contribution >= 0.6 is 0 Å². The van der Waals surface area contributed by atoms with Gasteiger partial charge in [0.25, 0.3) is 5.97 Å². The predicted octanol–water partition coefficient (Wildman–Crippen LogP) is -0.686. The van der Waals surface area contributed by atoms with Crippen molar-refractivity contribution in [3.05, 3.63) is 6.33 Å². The van der Waals surface area contributed by atoms with Crippen LogP contribution in [0, 0.1) is 0 Å². The fourth-order valence-electron chi connectivity index (χ4n) is 0.424. The van der Waals surface area contributed by atoms with Gasteiger partial charge in [-0.3, -0.25) is 4.79 Å². The Hall–Kier alpha value is -2.05. The summed E-state index contributed by atoms with van der Waals surface area (Å²) in [7, 11) is 0. The second-order valence-corrected chi connectivity index (χ2v) is 2.08. The van der Waals surface area contributed by atoms with E-state index in [0.717, 1.165) is 6.92 Å². The number of carboxylic acids is 1. The van der Waals surface area contributed by atoms with Crippen LogP contribution in [0.4, 0.5) is 17.3 Å². The van der Waals surface area contributed by atoms with Crippen LogP contribution in [0.5, 0.6) is 0 Å². The standard InChI is InChI=1S/C4H7N5.C2H4O2/c5-2-3(6)8-1-9-4(2)7;1-2(3)4/h1H,5H2,(H4,6,7,8,9);1H3,(H,3,4). The number of carbonyl (C=O) groups is 1. The van der Waals surface area contributed by atoms with Crippen molar-refractivity contribution >= 4 is 23.3 Å². The molecule has 0 saturated carbocycles. The first-order valence-electron chi connectivity index (χ1n) is 3.26. The molecule has 1 aromatic rings. The minimum absolute atomic E-state index is 0.225. The molecule has 0 bridgehead atoms. The molecule has 0 radical (unpaired) electrons. The van der Waals surface area contributed by atoms with E-state index in [-0.39, 0.29) is 17.3 Å². The van der Waals surface area contributed by atoms with Crippen LogP contribution in [-0.4, -0.2) is 21.0 Å². The van der Waals surface area contributed by atoms with Gasteiger partial charge >= 0.3 is 0 Å². The zero-order chi connectivity index (χ0) is 10.4. The molecule has 1 heterocycles. The molecule has 72 valence electrons. The lowest BCUT2D eigenvalue weighted by Crippen LogP contribution is -2.03. The summed E-state index contributed by atoms with van der Waals surface area (Å²) < 4.78 is 0. The molecule has 0 fully saturated rings. The highest BCUT2D eigenvalue weighted by atomic mass is 16.4. The van der Waals surface area contributed by atoms with E-state index < -0.39 is 5.97 Å². The lowest BCUT2D eigenvalue weighted by molar-refractivity contribution is -0.134. The average Bonchev–Trinajstić information content (AvgIpc) is 1.99. The number of hydrogen-bond acceptors (Lipinski definition) is 6. The SMILES string of the molecule is CC(=O)O.Nc1ncnc(N)c1N. The Balaban J connectivity index is 0.000000310. The second kappa shape index (κ2) is 4.75. The van der Waals surface area contributed by atoms with Crippen molar-refractivity contribution in [2.45, 2.75) is 6.92 Å².